The molecule has 6 nitrogen and oxygen atoms in total. The molecular formula is C23H29ClN2O4S2. The van der Waals surface area contributed by atoms with Crippen LogP contribution in [0.2, 0.25) is 4.47 Å². The number of ether oxygens (including phenoxy) is 1. The number of fused-ring (bicyclic) bond motifs is 2. The van der Waals surface area contributed by atoms with E-state index in [0.29, 0.717) is 16.6 Å². The predicted molar refractivity (Wildman–Crippen MR) is 132 cm³/mol. The van der Waals surface area contributed by atoms with E-state index in [1.54, 1.807) is 7.11 Å². The monoisotopic (exact) mass is 496 g/mol. The molecule has 1 unspecified atom stereocenters. The maximum absolute atomic E-state index is 9.19. The number of rotatable bonds is 6. The van der Waals surface area contributed by atoms with Crippen LogP contribution in [0.25, 0.3) is 10.2 Å². The molecule has 9 heteroatoms. The Kier molecular flexibility index (Phi) is 8.52. The second kappa shape index (κ2) is 10.9. The molecule has 1 aliphatic carbocycles. The van der Waals surface area contributed by atoms with Crippen LogP contribution in [0.3, 0.4) is 0 Å². The SMILES string of the molecule is COc1cccc2c1CCCC2CN(C)CCc1ccc2sc(Cl)nc2c1.CS(=O)(=O)O. The van der Waals surface area contributed by atoms with Crippen LogP contribution in [-0.2, 0) is 23.0 Å². The molecule has 1 aliphatic rings. The summed E-state index contributed by atoms with van der Waals surface area (Å²) in [5.41, 5.74) is 5.22. The lowest BCUT2D eigenvalue weighted by Crippen LogP contribution is -2.28. The number of methoxy groups -OCH3 is 1. The van der Waals surface area contributed by atoms with E-state index in [-0.39, 0.29) is 0 Å². The Labute approximate surface area is 198 Å². The van der Waals surface area contributed by atoms with Gasteiger partial charge in [-0.2, -0.15) is 8.42 Å². The summed E-state index contributed by atoms with van der Waals surface area (Å²) >= 11 is 7.56. The van der Waals surface area contributed by atoms with Crippen molar-refractivity contribution in [1.29, 1.82) is 0 Å². The van der Waals surface area contributed by atoms with Gasteiger partial charge in [0.1, 0.15) is 5.75 Å². The first-order valence-electron chi connectivity index (χ1n) is 10.5. The Morgan fingerprint density at radius 1 is 1.31 bits per heavy atom. The number of hydrogen-bond acceptors (Lipinski definition) is 6. The van der Waals surface area contributed by atoms with Gasteiger partial charge >= 0.3 is 0 Å². The summed E-state index contributed by atoms with van der Waals surface area (Å²) in [6.45, 7) is 2.13. The van der Waals surface area contributed by atoms with Gasteiger partial charge < -0.3 is 9.64 Å². The minimum Gasteiger partial charge on any atom is -0.496 e. The molecule has 0 spiro atoms. The summed E-state index contributed by atoms with van der Waals surface area (Å²) in [6, 6.07) is 13.0. The number of halogens is 1. The van der Waals surface area contributed by atoms with Gasteiger partial charge in [0.2, 0.25) is 0 Å². The van der Waals surface area contributed by atoms with E-state index in [9.17, 15) is 8.42 Å². The third-order valence-electron chi connectivity index (χ3n) is 5.55. The van der Waals surface area contributed by atoms with Gasteiger partial charge in [-0.25, -0.2) is 4.98 Å². The zero-order chi connectivity index (χ0) is 23.3. The Morgan fingerprint density at radius 3 is 2.78 bits per heavy atom. The molecule has 1 atom stereocenters. The lowest BCUT2D eigenvalue weighted by Gasteiger charge is -2.30. The lowest BCUT2D eigenvalue weighted by atomic mass is 9.82. The highest BCUT2D eigenvalue weighted by Crippen LogP contribution is 2.37. The van der Waals surface area contributed by atoms with Crippen LogP contribution >= 0.6 is 22.9 Å². The molecular weight excluding hydrogens is 468 g/mol. The van der Waals surface area contributed by atoms with E-state index in [4.69, 9.17) is 20.9 Å². The molecule has 0 saturated heterocycles. The van der Waals surface area contributed by atoms with E-state index >= 15 is 0 Å². The summed E-state index contributed by atoms with van der Waals surface area (Å²) in [5, 5.41) is 0. The first-order valence-corrected chi connectivity index (χ1v) is 13.5. The number of thiazole rings is 1. The number of likely N-dealkylation sites (N-methyl/N-ethyl adjacent to an activating group) is 1. The first-order chi connectivity index (χ1) is 15.1. The van der Waals surface area contributed by atoms with Crippen LogP contribution in [0, 0.1) is 0 Å². The van der Waals surface area contributed by atoms with Crippen molar-refractivity contribution in [2.75, 3.05) is 33.5 Å². The minimum absolute atomic E-state index is 0.591. The van der Waals surface area contributed by atoms with E-state index in [1.807, 2.05) is 0 Å². The highest BCUT2D eigenvalue weighted by atomic mass is 35.5. The Bertz CT molecular complexity index is 1160. The zero-order valence-corrected chi connectivity index (χ0v) is 20.9. The summed E-state index contributed by atoms with van der Waals surface area (Å²) in [5.74, 6) is 1.64. The lowest BCUT2D eigenvalue weighted by molar-refractivity contribution is 0.299. The molecule has 0 saturated carbocycles. The van der Waals surface area contributed by atoms with Gasteiger partial charge in [-0.1, -0.05) is 29.8 Å². The Morgan fingerprint density at radius 2 is 2.06 bits per heavy atom. The summed E-state index contributed by atoms with van der Waals surface area (Å²) < 4.78 is 33.2. The topological polar surface area (TPSA) is 79.7 Å². The summed E-state index contributed by atoms with van der Waals surface area (Å²) in [6.07, 6.45) is 5.38. The van der Waals surface area contributed by atoms with Gasteiger partial charge in [-0.15, -0.1) is 11.3 Å². The molecule has 2 aromatic carbocycles. The third kappa shape index (κ3) is 7.15. The van der Waals surface area contributed by atoms with Crippen molar-refractivity contribution in [1.82, 2.24) is 9.88 Å². The largest absolute Gasteiger partial charge is 0.496 e. The van der Waals surface area contributed by atoms with Crippen LogP contribution in [0.5, 0.6) is 5.75 Å². The molecule has 4 rings (SSSR count). The fourth-order valence-electron chi connectivity index (χ4n) is 4.18. The van der Waals surface area contributed by atoms with Gasteiger partial charge in [0, 0.05) is 13.1 Å². The van der Waals surface area contributed by atoms with E-state index in [1.165, 1.54) is 40.9 Å². The molecule has 1 N–H and O–H groups in total. The number of aromatic nitrogens is 1. The average molecular weight is 497 g/mol. The van der Waals surface area contributed by atoms with Crippen LogP contribution in [0.4, 0.5) is 0 Å². The van der Waals surface area contributed by atoms with Crippen LogP contribution < -0.4 is 4.74 Å². The van der Waals surface area contributed by atoms with Crippen molar-refractivity contribution < 1.29 is 17.7 Å². The third-order valence-corrected chi connectivity index (χ3v) is 6.69. The maximum atomic E-state index is 9.19. The maximum Gasteiger partial charge on any atom is 0.261 e. The van der Waals surface area contributed by atoms with Gasteiger partial charge in [0.05, 0.1) is 23.6 Å². The van der Waals surface area contributed by atoms with Gasteiger partial charge in [-0.05, 0) is 73.5 Å². The van der Waals surface area contributed by atoms with E-state index in [0.717, 1.165) is 41.9 Å². The molecule has 1 aromatic heterocycles. The summed E-state index contributed by atoms with van der Waals surface area (Å²) in [7, 11) is 0.338. The van der Waals surface area contributed by atoms with E-state index in [2.05, 4.69) is 53.3 Å². The second-order valence-electron chi connectivity index (χ2n) is 8.13. The molecule has 32 heavy (non-hydrogen) atoms. The fourth-order valence-corrected chi connectivity index (χ4v) is 5.19. The van der Waals surface area contributed by atoms with Crippen molar-refractivity contribution in [2.45, 2.75) is 31.6 Å². The first kappa shape index (κ1) is 24.9. The fraction of sp³-hybridized carbons (Fsp3) is 0.435. The quantitative estimate of drug-likeness (QED) is 0.480. The molecule has 1 heterocycles. The Hall–Kier alpha value is -1.71. The molecule has 0 amide bonds. The smallest absolute Gasteiger partial charge is 0.261 e. The van der Waals surface area contributed by atoms with Crippen molar-refractivity contribution >= 4 is 43.3 Å². The molecule has 0 aliphatic heterocycles. The van der Waals surface area contributed by atoms with Crippen LogP contribution in [0.15, 0.2) is 36.4 Å². The van der Waals surface area contributed by atoms with Crippen molar-refractivity contribution in [3.8, 4) is 5.75 Å². The van der Waals surface area contributed by atoms with Gasteiger partial charge in [0.25, 0.3) is 10.1 Å². The highest BCUT2D eigenvalue weighted by molar-refractivity contribution is 7.85. The summed E-state index contributed by atoms with van der Waals surface area (Å²) in [4.78, 5) is 6.85. The van der Waals surface area contributed by atoms with E-state index < -0.39 is 10.1 Å². The van der Waals surface area contributed by atoms with Crippen molar-refractivity contribution in [3.63, 3.8) is 0 Å². The second-order valence-corrected chi connectivity index (χ2v) is 11.2. The molecule has 0 radical (unpaired) electrons. The molecule has 0 bridgehead atoms. The number of hydrogen-bond donors (Lipinski definition) is 1. The molecule has 0 fully saturated rings. The van der Waals surface area contributed by atoms with Gasteiger partial charge in [-0.3, -0.25) is 4.55 Å². The van der Waals surface area contributed by atoms with Gasteiger partial charge in [0.15, 0.2) is 4.47 Å². The highest BCUT2D eigenvalue weighted by Gasteiger charge is 2.23. The number of nitrogens with zero attached hydrogens (tertiary/aromatic N) is 2. The number of benzene rings is 2. The standard InChI is InChI=1S/C22H25ClN2OS.CH4O3S/c1-25(12-11-15-9-10-21-19(13-15)24-22(23)27-21)14-16-5-3-7-18-17(16)6-4-8-20(18)26-2;1-5(2,3)4/h4,6,8-10,13,16H,3,5,7,11-12,14H2,1-2H3;1H3,(H,2,3,4). The Balaban J connectivity index is 0.000000523. The predicted octanol–water partition coefficient (Wildman–Crippen LogP) is 5.06. The molecule has 3 aromatic rings. The van der Waals surface area contributed by atoms with Crippen LogP contribution in [-0.4, -0.2) is 56.4 Å². The molecule has 174 valence electrons. The van der Waals surface area contributed by atoms with Crippen LogP contribution in [0.1, 0.15) is 35.4 Å². The normalized spacial score (nSPS) is 15.9. The zero-order valence-electron chi connectivity index (χ0n) is 18.5. The minimum atomic E-state index is -3.67. The van der Waals surface area contributed by atoms with Crippen molar-refractivity contribution in [2.24, 2.45) is 0 Å². The van der Waals surface area contributed by atoms with Crippen molar-refractivity contribution in [3.05, 3.63) is 57.6 Å². The average Bonchev–Trinajstić information content (AvgIpc) is 3.10.